The second-order valence-electron chi connectivity index (χ2n) is 4.06. The van der Waals surface area contributed by atoms with E-state index in [1.54, 1.807) is 6.20 Å². The standard InChI is InChI=1S/C12H21N3/c1-5-13-10-14-6-8-15(9-7-14)12(4)11(2)3/h5,10H,1,6-9H2,2-4H3/b13-10-. The van der Waals surface area contributed by atoms with E-state index in [1.165, 1.54) is 11.3 Å². The molecule has 1 heterocycles. The van der Waals surface area contributed by atoms with E-state index in [-0.39, 0.29) is 0 Å². The van der Waals surface area contributed by atoms with E-state index in [1.807, 2.05) is 6.34 Å². The second kappa shape index (κ2) is 5.59. The van der Waals surface area contributed by atoms with Gasteiger partial charge >= 0.3 is 0 Å². The molecular weight excluding hydrogens is 186 g/mol. The summed E-state index contributed by atoms with van der Waals surface area (Å²) in [5.41, 5.74) is 2.82. The average molecular weight is 207 g/mol. The van der Waals surface area contributed by atoms with E-state index >= 15 is 0 Å². The largest absolute Gasteiger partial charge is 0.372 e. The van der Waals surface area contributed by atoms with Crippen LogP contribution in [0.2, 0.25) is 0 Å². The Morgan fingerprint density at radius 3 is 2.20 bits per heavy atom. The smallest absolute Gasteiger partial charge is 0.0905 e. The highest BCUT2D eigenvalue weighted by atomic mass is 15.3. The summed E-state index contributed by atoms with van der Waals surface area (Å²) in [4.78, 5) is 8.71. The Hall–Kier alpha value is -1.25. The lowest BCUT2D eigenvalue weighted by molar-refractivity contribution is 0.225. The molecule has 0 bridgehead atoms. The molecule has 0 radical (unpaired) electrons. The summed E-state index contributed by atoms with van der Waals surface area (Å²) < 4.78 is 0. The van der Waals surface area contributed by atoms with Gasteiger partial charge < -0.3 is 9.80 Å². The number of aliphatic imine (C=N–C) groups is 1. The van der Waals surface area contributed by atoms with Crippen LogP contribution in [0.15, 0.2) is 29.0 Å². The topological polar surface area (TPSA) is 18.8 Å². The first-order valence-electron chi connectivity index (χ1n) is 5.42. The molecule has 0 aromatic carbocycles. The molecule has 0 saturated carbocycles. The van der Waals surface area contributed by atoms with Crippen molar-refractivity contribution in [2.75, 3.05) is 26.2 Å². The van der Waals surface area contributed by atoms with Crippen molar-refractivity contribution in [2.45, 2.75) is 20.8 Å². The predicted octanol–water partition coefficient (Wildman–Crippen LogP) is 2.09. The molecule has 1 saturated heterocycles. The lowest BCUT2D eigenvalue weighted by Gasteiger charge is -2.36. The maximum absolute atomic E-state index is 4.03. The van der Waals surface area contributed by atoms with Gasteiger partial charge in [0.1, 0.15) is 0 Å². The Labute approximate surface area is 92.8 Å². The van der Waals surface area contributed by atoms with Gasteiger partial charge in [0.05, 0.1) is 6.34 Å². The summed E-state index contributed by atoms with van der Waals surface area (Å²) in [5.74, 6) is 0. The van der Waals surface area contributed by atoms with Gasteiger partial charge in [-0.05, 0) is 20.8 Å². The van der Waals surface area contributed by atoms with Crippen LogP contribution in [-0.4, -0.2) is 42.3 Å². The average Bonchev–Trinajstić information content (AvgIpc) is 2.26. The summed E-state index contributed by atoms with van der Waals surface area (Å²) in [6, 6.07) is 0. The van der Waals surface area contributed by atoms with Gasteiger partial charge in [-0.3, -0.25) is 0 Å². The molecule has 0 aliphatic carbocycles. The molecule has 1 aliphatic rings. The first-order valence-corrected chi connectivity index (χ1v) is 5.42. The molecule has 1 rings (SSSR count). The highest BCUT2D eigenvalue weighted by Crippen LogP contribution is 2.11. The molecule has 0 unspecified atom stereocenters. The molecule has 3 nitrogen and oxygen atoms in total. The van der Waals surface area contributed by atoms with Crippen molar-refractivity contribution in [1.82, 2.24) is 9.80 Å². The minimum atomic E-state index is 1.04. The molecule has 1 fully saturated rings. The number of nitrogens with zero attached hydrogens (tertiary/aromatic N) is 3. The molecular formula is C12H21N3. The summed E-state index contributed by atoms with van der Waals surface area (Å²) in [6.07, 6.45) is 3.45. The SMILES string of the molecule is C=C/N=C\N1CCN(C(C)=C(C)C)CC1. The molecule has 84 valence electrons. The van der Waals surface area contributed by atoms with Gasteiger partial charge in [-0.15, -0.1) is 0 Å². The van der Waals surface area contributed by atoms with Crippen LogP contribution in [0.25, 0.3) is 0 Å². The van der Waals surface area contributed by atoms with Gasteiger partial charge in [0, 0.05) is 38.1 Å². The molecule has 0 N–H and O–H groups in total. The van der Waals surface area contributed by atoms with Gasteiger partial charge in [0.25, 0.3) is 0 Å². The van der Waals surface area contributed by atoms with Crippen LogP contribution in [0.4, 0.5) is 0 Å². The highest BCUT2D eigenvalue weighted by Gasteiger charge is 2.14. The Morgan fingerprint density at radius 1 is 1.13 bits per heavy atom. The lowest BCUT2D eigenvalue weighted by atomic mass is 10.2. The fraction of sp³-hybridized carbons (Fsp3) is 0.583. The van der Waals surface area contributed by atoms with Crippen molar-refractivity contribution in [2.24, 2.45) is 4.99 Å². The second-order valence-corrected chi connectivity index (χ2v) is 4.06. The van der Waals surface area contributed by atoms with E-state index < -0.39 is 0 Å². The van der Waals surface area contributed by atoms with Crippen molar-refractivity contribution >= 4 is 6.34 Å². The van der Waals surface area contributed by atoms with Gasteiger partial charge in [-0.2, -0.15) is 0 Å². The van der Waals surface area contributed by atoms with Crippen molar-refractivity contribution in [1.29, 1.82) is 0 Å². The van der Waals surface area contributed by atoms with Gasteiger partial charge in [0.15, 0.2) is 0 Å². The number of rotatable bonds is 3. The molecule has 1 aliphatic heterocycles. The zero-order valence-corrected chi connectivity index (χ0v) is 10.0. The molecule has 0 spiro atoms. The third-order valence-electron chi connectivity index (χ3n) is 2.85. The van der Waals surface area contributed by atoms with Crippen molar-refractivity contribution in [3.05, 3.63) is 24.0 Å². The normalized spacial score (nSPS) is 17.0. The highest BCUT2D eigenvalue weighted by molar-refractivity contribution is 5.55. The quantitative estimate of drug-likeness (QED) is 0.521. The van der Waals surface area contributed by atoms with Gasteiger partial charge in [0.2, 0.25) is 0 Å². The molecule has 3 heteroatoms. The Kier molecular flexibility index (Phi) is 4.40. The van der Waals surface area contributed by atoms with E-state index in [9.17, 15) is 0 Å². The predicted molar refractivity (Wildman–Crippen MR) is 65.9 cm³/mol. The Balaban J connectivity index is 2.46. The zero-order chi connectivity index (χ0) is 11.3. The van der Waals surface area contributed by atoms with Crippen LogP contribution >= 0.6 is 0 Å². The zero-order valence-electron chi connectivity index (χ0n) is 10.0. The summed E-state index contributed by atoms with van der Waals surface area (Å²) in [5, 5.41) is 0. The third-order valence-corrected chi connectivity index (χ3v) is 2.85. The minimum Gasteiger partial charge on any atom is -0.372 e. The van der Waals surface area contributed by atoms with Crippen molar-refractivity contribution in [3.63, 3.8) is 0 Å². The molecule has 0 aromatic rings. The minimum absolute atomic E-state index is 1.04. The van der Waals surface area contributed by atoms with E-state index in [0.29, 0.717) is 0 Å². The van der Waals surface area contributed by atoms with E-state index in [4.69, 9.17) is 0 Å². The first kappa shape index (κ1) is 11.8. The maximum Gasteiger partial charge on any atom is 0.0905 e. The Bertz CT molecular complexity index is 267. The molecule has 0 atom stereocenters. The summed E-state index contributed by atoms with van der Waals surface area (Å²) in [6.45, 7) is 14.4. The summed E-state index contributed by atoms with van der Waals surface area (Å²) >= 11 is 0. The molecule has 15 heavy (non-hydrogen) atoms. The molecule has 0 aromatic heterocycles. The van der Waals surface area contributed by atoms with Crippen LogP contribution in [0.1, 0.15) is 20.8 Å². The fourth-order valence-electron chi connectivity index (χ4n) is 1.63. The van der Waals surface area contributed by atoms with Crippen molar-refractivity contribution in [3.8, 4) is 0 Å². The first-order chi connectivity index (χ1) is 7.15. The van der Waals surface area contributed by atoms with Crippen LogP contribution in [0, 0.1) is 0 Å². The number of hydrogen-bond acceptors (Lipinski definition) is 2. The van der Waals surface area contributed by atoms with Crippen LogP contribution in [0.5, 0.6) is 0 Å². The van der Waals surface area contributed by atoms with Crippen LogP contribution in [-0.2, 0) is 0 Å². The number of hydrogen-bond donors (Lipinski definition) is 0. The summed E-state index contributed by atoms with van der Waals surface area (Å²) in [7, 11) is 0. The van der Waals surface area contributed by atoms with Crippen LogP contribution in [0.3, 0.4) is 0 Å². The third kappa shape index (κ3) is 3.42. The van der Waals surface area contributed by atoms with Crippen molar-refractivity contribution < 1.29 is 0 Å². The van der Waals surface area contributed by atoms with Gasteiger partial charge in [-0.1, -0.05) is 12.2 Å². The lowest BCUT2D eigenvalue weighted by Crippen LogP contribution is -2.44. The molecule has 0 amide bonds. The van der Waals surface area contributed by atoms with E-state index in [0.717, 1.165) is 26.2 Å². The maximum atomic E-state index is 4.03. The number of piperazine rings is 1. The number of allylic oxidation sites excluding steroid dienone is 2. The van der Waals surface area contributed by atoms with Crippen LogP contribution < -0.4 is 0 Å². The monoisotopic (exact) mass is 207 g/mol. The Morgan fingerprint density at radius 2 is 1.73 bits per heavy atom. The fourth-order valence-corrected chi connectivity index (χ4v) is 1.63. The van der Waals surface area contributed by atoms with Gasteiger partial charge in [-0.25, -0.2) is 4.99 Å². The van der Waals surface area contributed by atoms with E-state index in [2.05, 4.69) is 42.1 Å².